The molecule has 0 heterocycles. The van der Waals surface area contributed by atoms with Crippen molar-refractivity contribution in [3.8, 4) is 5.75 Å². The molecule has 2 nitrogen and oxygen atoms in total. The second kappa shape index (κ2) is 6.58. The summed E-state index contributed by atoms with van der Waals surface area (Å²) in [5, 5.41) is 10.0. The fourth-order valence-electron chi connectivity index (χ4n) is 2.33. The Morgan fingerprint density at radius 1 is 1.00 bits per heavy atom. The molecule has 2 heteroatoms. The molecule has 0 radical (unpaired) electrons. The van der Waals surface area contributed by atoms with Gasteiger partial charge in [-0.2, -0.15) is 0 Å². The van der Waals surface area contributed by atoms with Gasteiger partial charge in [0.15, 0.2) is 0 Å². The second-order valence-corrected chi connectivity index (χ2v) is 5.12. The minimum absolute atomic E-state index is 0.468. The van der Waals surface area contributed by atoms with E-state index in [9.17, 15) is 5.11 Å². The molecule has 0 fully saturated rings. The molecule has 1 atom stereocenters. The van der Waals surface area contributed by atoms with Crippen molar-refractivity contribution in [3.05, 3.63) is 64.7 Å². The largest absolute Gasteiger partial charge is 0.489 e. The number of aliphatic hydroxyl groups excluding tert-OH is 1. The summed E-state index contributed by atoms with van der Waals surface area (Å²) >= 11 is 0. The summed E-state index contributed by atoms with van der Waals surface area (Å²) in [6, 6.07) is 14.0. The van der Waals surface area contributed by atoms with Crippen LogP contribution in [0.1, 0.15) is 41.7 Å². The van der Waals surface area contributed by atoms with Crippen molar-refractivity contribution in [1.82, 2.24) is 0 Å². The van der Waals surface area contributed by atoms with E-state index in [0.717, 1.165) is 11.3 Å². The van der Waals surface area contributed by atoms with Crippen LogP contribution in [0.3, 0.4) is 0 Å². The summed E-state index contributed by atoms with van der Waals surface area (Å²) in [5.74, 6) is 0.768. The maximum Gasteiger partial charge on any atom is 0.125 e. The third-order valence-corrected chi connectivity index (χ3v) is 3.68. The zero-order valence-electron chi connectivity index (χ0n) is 12.4. The molecule has 0 aliphatic carbocycles. The van der Waals surface area contributed by atoms with Crippen LogP contribution in [-0.4, -0.2) is 5.11 Å². The van der Waals surface area contributed by atoms with Crippen molar-refractivity contribution in [2.75, 3.05) is 0 Å². The van der Waals surface area contributed by atoms with Crippen LogP contribution in [-0.2, 0) is 6.61 Å². The highest BCUT2D eigenvalue weighted by atomic mass is 16.5. The van der Waals surface area contributed by atoms with Crippen molar-refractivity contribution < 1.29 is 9.84 Å². The molecule has 106 valence electrons. The Bertz CT molecular complexity index is 555. The molecule has 0 spiro atoms. The van der Waals surface area contributed by atoms with Crippen molar-refractivity contribution in [1.29, 1.82) is 0 Å². The first-order valence-corrected chi connectivity index (χ1v) is 7.08. The van der Waals surface area contributed by atoms with E-state index in [0.29, 0.717) is 13.0 Å². The van der Waals surface area contributed by atoms with Crippen LogP contribution in [0.25, 0.3) is 0 Å². The molecule has 0 saturated carbocycles. The van der Waals surface area contributed by atoms with Crippen LogP contribution in [0.4, 0.5) is 0 Å². The molecule has 2 aromatic carbocycles. The van der Waals surface area contributed by atoms with Gasteiger partial charge in [-0.05, 0) is 43.0 Å². The van der Waals surface area contributed by atoms with Crippen LogP contribution in [0.5, 0.6) is 5.75 Å². The van der Waals surface area contributed by atoms with Gasteiger partial charge in [0.25, 0.3) is 0 Å². The zero-order chi connectivity index (χ0) is 14.5. The molecule has 0 aromatic heterocycles. The summed E-state index contributed by atoms with van der Waals surface area (Å²) in [5.41, 5.74) is 4.55. The molecule has 1 N–H and O–H groups in total. The quantitative estimate of drug-likeness (QED) is 0.876. The fourth-order valence-corrected chi connectivity index (χ4v) is 2.33. The van der Waals surface area contributed by atoms with Crippen LogP contribution in [0.2, 0.25) is 0 Å². The number of rotatable bonds is 5. The van der Waals surface area contributed by atoms with Gasteiger partial charge >= 0.3 is 0 Å². The van der Waals surface area contributed by atoms with Gasteiger partial charge in [-0.1, -0.05) is 43.3 Å². The third-order valence-electron chi connectivity index (χ3n) is 3.68. The van der Waals surface area contributed by atoms with Crippen molar-refractivity contribution in [3.63, 3.8) is 0 Å². The van der Waals surface area contributed by atoms with Gasteiger partial charge in [0, 0.05) is 5.56 Å². The fraction of sp³-hybridized carbons (Fsp3) is 0.333. The summed E-state index contributed by atoms with van der Waals surface area (Å²) < 4.78 is 5.95. The lowest BCUT2D eigenvalue weighted by Crippen LogP contribution is -2.04. The van der Waals surface area contributed by atoms with Gasteiger partial charge in [-0.25, -0.2) is 0 Å². The lowest BCUT2D eigenvalue weighted by molar-refractivity contribution is 0.166. The highest BCUT2D eigenvalue weighted by Gasteiger charge is 2.12. The number of para-hydroxylation sites is 1. The first-order valence-electron chi connectivity index (χ1n) is 7.08. The highest BCUT2D eigenvalue weighted by Crippen LogP contribution is 2.28. The maximum absolute atomic E-state index is 10.0. The zero-order valence-corrected chi connectivity index (χ0v) is 12.4. The van der Waals surface area contributed by atoms with Crippen LogP contribution in [0.15, 0.2) is 42.5 Å². The number of hydrogen-bond donors (Lipinski definition) is 1. The molecular formula is C18H22O2. The van der Waals surface area contributed by atoms with Crippen LogP contribution >= 0.6 is 0 Å². The van der Waals surface area contributed by atoms with Gasteiger partial charge < -0.3 is 9.84 Å². The molecule has 2 aromatic rings. The SMILES string of the molecule is CCC(O)c1ccccc1OCc1c(C)cccc1C. The first kappa shape index (κ1) is 14.6. The lowest BCUT2D eigenvalue weighted by atomic mass is 10.0. The number of aliphatic hydroxyl groups is 1. The van der Waals surface area contributed by atoms with E-state index in [4.69, 9.17) is 4.74 Å². The standard InChI is InChI=1S/C18H22O2/c1-4-17(19)15-10-5-6-11-18(15)20-12-16-13(2)8-7-9-14(16)3/h5-11,17,19H,4,12H2,1-3H3. The number of aryl methyl sites for hydroxylation is 2. The average molecular weight is 270 g/mol. The molecule has 2 rings (SSSR count). The van der Waals surface area contributed by atoms with E-state index in [1.165, 1.54) is 16.7 Å². The number of benzene rings is 2. The van der Waals surface area contributed by atoms with E-state index < -0.39 is 6.10 Å². The predicted molar refractivity (Wildman–Crippen MR) is 81.9 cm³/mol. The molecular weight excluding hydrogens is 248 g/mol. The van der Waals surface area contributed by atoms with E-state index in [1.54, 1.807) is 0 Å². The van der Waals surface area contributed by atoms with Crippen molar-refractivity contribution in [2.24, 2.45) is 0 Å². The minimum atomic E-state index is -0.468. The Hall–Kier alpha value is -1.80. The van der Waals surface area contributed by atoms with Crippen LogP contribution in [0, 0.1) is 13.8 Å². The smallest absolute Gasteiger partial charge is 0.125 e. The van der Waals surface area contributed by atoms with Gasteiger partial charge in [-0.3, -0.25) is 0 Å². The van der Waals surface area contributed by atoms with Crippen LogP contribution < -0.4 is 4.74 Å². The molecule has 0 amide bonds. The number of ether oxygens (including phenoxy) is 1. The van der Waals surface area contributed by atoms with Crippen molar-refractivity contribution in [2.45, 2.75) is 39.9 Å². The van der Waals surface area contributed by atoms with Gasteiger partial charge in [0.1, 0.15) is 12.4 Å². The summed E-state index contributed by atoms with van der Waals surface area (Å²) in [4.78, 5) is 0. The second-order valence-electron chi connectivity index (χ2n) is 5.12. The van der Waals surface area contributed by atoms with E-state index in [2.05, 4.69) is 32.0 Å². The summed E-state index contributed by atoms with van der Waals surface area (Å²) in [6.07, 6.45) is 0.216. The molecule has 20 heavy (non-hydrogen) atoms. The van der Waals surface area contributed by atoms with E-state index in [-0.39, 0.29) is 0 Å². The normalized spacial score (nSPS) is 12.2. The molecule has 0 bridgehead atoms. The third kappa shape index (κ3) is 3.20. The Morgan fingerprint density at radius 2 is 1.65 bits per heavy atom. The minimum Gasteiger partial charge on any atom is -0.489 e. The molecule has 1 unspecified atom stereocenters. The first-order chi connectivity index (χ1) is 9.63. The summed E-state index contributed by atoms with van der Waals surface area (Å²) in [6.45, 7) is 6.69. The maximum atomic E-state index is 10.0. The van der Waals surface area contributed by atoms with Crippen molar-refractivity contribution >= 4 is 0 Å². The Balaban J connectivity index is 2.19. The average Bonchev–Trinajstić information content (AvgIpc) is 2.46. The van der Waals surface area contributed by atoms with E-state index >= 15 is 0 Å². The Labute approximate surface area is 121 Å². The molecule has 0 aliphatic rings. The van der Waals surface area contributed by atoms with Gasteiger partial charge in [0.2, 0.25) is 0 Å². The molecule has 0 saturated heterocycles. The monoisotopic (exact) mass is 270 g/mol. The van der Waals surface area contributed by atoms with Gasteiger partial charge in [0.05, 0.1) is 6.10 Å². The molecule has 0 aliphatic heterocycles. The topological polar surface area (TPSA) is 29.5 Å². The Kier molecular flexibility index (Phi) is 4.80. The highest BCUT2D eigenvalue weighted by molar-refractivity contribution is 5.37. The van der Waals surface area contributed by atoms with Gasteiger partial charge in [-0.15, -0.1) is 0 Å². The predicted octanol–water partition coefficient (Wildman–Crippen LogP) is 4.33. The van der Waals surface area contributed by atoms with E-state index in [1.807, 2.05) is 31.2 Å². The lowest BCUT2D eigenvalue weighted by Gasteiger charge is -2.16. The summed E-state index contributed by atoms with van der Waals surface area (Å²) in [7, 11) is 0. The Morgan fingerprint density at radius 3 is 2.30 bits per heavy atom. The number of hydrogen-bond acceptors (Lipinski definition) is 2.